The second kappa shape index (κ2) is 2.84. The second-order valence-electron chi connectivity index (χ2n) is 4.59. The maximum atomic E-state index is 5.75. The van der Waals surface area contributed by atoms with E-state index >= 15 is 0 Å². The molecule has 1 aromatic carbocycles. The monoisotopic (exact) mass is 215 g/mol. The van der Waals surface area contributed by atoms with Crippen LogP contribution in [0, 0.1) is 0 Å². The molecule has 4 rings (SSSR count). The fraction of sp³-hybridized carbons (Fsp3) is 0.417. The molecule has 82 valence electrons. The second-order valence-corrected chi connectivity index (χ2v) is 4.59. The van der Waals surface area contributed by atoms with Gasteiger partial charge in [-0.05, 0) is 12.1 Å². The van der Waals surface area contributed by atoms with E-state index in [1.807, 2.05) is 18.2 Å². The number of benzene rings is 1. The number of hydrogen-bond donors (Lipinski definition) is 0. The number of nitrogens with zero attached hydrogens (tertiary/aromatic N) is 3. The summed E-state index contributed by atoms with van der Waals surface area (Å²) in [5.74, 6) is 1.15. The van der Waals surface area contributed by atoms with Crippen molar-refractivity contribution in [2.45, 2.75) is 25.1 Å². The Morgan fingerprint density at radius 2 is 2.25 bits per heavy atom. The molecule has 2 atom stereocenters. The van der Waals surface area contributed by atoms with Gasteiger partial charge in [0.15, 0.2) is 0 Å². The summed E-state index contributed by atoms with van der Waals surface area (Å²) < 4.78 is 2.30. The van der Waals surface area contributed by atoms with Crippen molar-refractivity contribution in [3.05, 3.63) is 30.1 Å². The minimum atomic E-state index is 0.320. The van der Waals surface area contributed by atoms with Crippen LogP contribution in [0.1, 0.15) is 18.3 Å². The molecule has 0 saturated carbocycles. The fourth-order valence-electron chi connectivity index (χ4n) is 2.87. The molecule has 2 bridgehead atoms. The van der Waals surface area contributed by atoms with Crippen molar-refractivity contribution < 1.29 is 4.84 Å². The number of rotatable bonds is 0. The van der Waals surface area contributed by atoms with Crippen LogP contribution < -0.4 is 0 Å². The predicted molar refractivity (Wildman–Crippen MR) is 59.7 cm³/mol. The van der Waals surface area contributed by atoms with Crippen LogP contribution in [0.2, 0.25) is 0 Å². The van der Waals surface area contributed by atoms with Gasteiger partial charge in [-0.2, -0.15) is 5.06 Å². The Labute approximate surface area is 93.4 Å². The smallest absolute Gasteiger partial charge is 0.129 e. The van der Waals surface area contributed by atoms with Gasteiger partial charge in [-0.15, -0.1) is 0 Å². The lowest BCUT2D eigenvalue weighted by Gasteiger charge is -2.19. The third-order valence-corrected chi connectivity index (χ3v) is 3.61. The van der Waals surface area contributed by atoms with Crippen LogP contribution in [0.3, 0.4) is 0 Å². The Kier molecular flexibility index (Phi) is 1.55. The van der Waals surface area contributed by atoms with Crippen LogP contribution >= 0.6 is 0 Å². The van der Waals surface area contributed by atoms with Crippen LogP contribution in [-0.2, 0) is 11.4 Å². The topological polar surface area (TPSA) is 30.3 Å². The molecule has 2 aromatic rings. The Balaban J connectivity index is 2.00. The van der Waals surface area contributed by atoms with Crippen molar-refractivity contribution in [3.63, 3.8) is 0 Å². The van der Waals surface area contributed by atoms with Gasteiger partial charge in [-0.25, -0.2) is 4.98 Å². The van der Waals surface area contributed by atoms with Crippen molar-refractivity contribution in [3.8, 4) is 0 Å². The Hall–Kier alpha value is -1.39. The molecular formula is C12H13N3O. The lowest BCUT2D eigenvalue weighted by molar-refractivity contribution is -0.140. The largest absolute Gasteiger partial charge is 0.324 e. The maximum Gasteiger partial charge on any atom is 0.129 e. The fourth-order valence-corrected chi connectivity index (χ4v) is 2.87. The number of fused-ring (bicyclic) bond motifs is 6. The van der Waals surface area contributed by atoms with E-state index in [9.17, 15) is 0 Å². The quantitative estimate of drug-likeness (QED) is 0.670. The van der Waals surface area contributed by atoms with Gasteiger partial charge in [0.1, 0.15) is 5.82 Å². The molecule has 0 N–H and O–H groups in total. The summed E-state index contributed by atoms with van der Waals surface area (Å²) in [7, 11) is 2.00. The first kappa shape index (κ1) is 8.73. The first-order chi connectivity index (χ1) is 7.83. The summed E-state index contributed by atoms with van der Waals surface area (Å²) in [6.45, 7) is 0.927. The highest BCUT2D eigenvalue weighted by Crippen LogP contribution is 2.38. The number of hydroxylamine groups is 2. The standard InChI is InChI=1S/C12H13N3O/c1-14-11-6-8(16-14)7-15-10-5-3-2-4-9(10)13-12(11)15/h2-5,8,11H,6-7H2,1H3/t8-,11+/m0/s1. The zero-order valence-corrected chi connectivity index (χ0v) is 9.13. The molecule has 0 aliphatic carbocycles. The molecule has 0 radical (unpaired) electrons. The van der Waals surface area contributed by atoms with E-state index in [2.05, 4.69) is 22.8 Å². The first-order valence-corrected chi connectivity index (χ1v) is 5.68. The van der Waals surface area contributed by atoms with Gasteiger partial charge in [0, 0.05) is 13.5 Å². The molecule has 0 amide bonds. The molecule has 2 aliphatic rings. The normalized spacial score (nSPS) is 28.6. The summed E-state index contributed by atoms with van der Waals surface area (Å²) in [4.78, 5) is 10.5. The van der Waals surface area contributed by atoms with Gasteiger partial charge in [0.2, 0.25) is 0 Å². The zero-order valence-electron chi connectivity index (χ0n) is 9.13. The van der Waals surface area contributed by atoms with Gasteiger partial charge >= 0.3 is 0 Å². The highest BCUT2D eigenvalue weighted by atomic mass is 16.7. The van der Waals surface area contributed by atoms with E-state index in [4.69, 9.17) is 9.82 Å². The van der Waals surface area contributed by atoms with Crippen molar-refractivity contribution in [1.29, 1.82) is 0 Å². The SMILES string of the molecule is CN1O[C@H]2C[C@@H]1c1nc3ccccc3n1C2. The van der Waals surface area contributed by atoms with Crippen molar-refractivity contribution in [1.82, 2.24) is 14.6 Å². The van der Waals surface area contributed by atoms with E-state index in [1.165, 1.54) is 5.52 Å². The van der Waals surface area contributed by atoms with Crippen LogP contribution in [0.4, 0.5) is 0 Å². The number of hydrogen-bond acceptors (Lipinski definition) is 3. The summed E-state index contributed by atoms with van der Waals surface area (Å²) >= 11 is 0. The molecular weight excluding hydrogens is 202 g/mol. The van der Waals surface area contributed by atoms with E-state index < -0.39 is 0 Å². The van der Waals surface area contributed by atoms with Crippen LogP contribution in [0.15, 0.2) is 24.3 Å². The summed E-state index contributed by atoms with van der Waals surface area (Å²) in [5, 5.41) is 1.95. The van der Waals surface area contributed by atoms with Gasteiger partial charge < -0.3 is 4.57 Å². The maximum absolute atomic E-state index is 5.75. The lowest BCUT2D eigenvalue weighted by atomic mass is 10.1. The molecule has 4 nitrogen and oxygen atoms in total. The highest BCUT2D eigenvalue weighted by Gasteiger charge is 2.40. The molecule has 1 fully saturated rings. The van der Waals surface area contributed by atoms with Gasteiger partial charge in [-0.1, -0.05) is 12.1 Å². The Morgan fingerprint density at radius 1 is 1.38 bits per heavy atom. The zero-order chi connectivity index (χ0) is 10.7. The Bertz CT molecular complexity index is 562. The summed E-state index contributed by atoms with van der Waals surface area (Å²) in [6.07, 6.45) is 1.39. The number of para-hydroxylation sites is 2. The van der Waals surface area contributed by atoms with Crippen LogP contribution in [0.25, 0.3) is 11.0 Å². The van der Waals surface area contributed by atoms with Gasteiger partial charge in [0.25, 0.3) is 0 Å². The molecule has 4 heteroatoms. The average Bonchev–Trinajstić information content (AvgIpc) is 2.80. The molecule has 2 aliphatic heterocycles. The summed E-state index contributed by atoms with van der Waals surface area (Å²) in [5.41, 5.74) is 2.32. The van der Waals surface area contributed by atoms with Crippen LogP contribution in [0.5, 0.6) is 0 Å². The molecule has 1 saturated heterocycles. The molecule has 0 spiro atoms. The van der Waals surface area contributed by atoms with Gasteiger partial charge in [0.05, 0.1) is 29.7 Å². The van der Waals surface area contributed by atoms with Crippen LogP contribution in [-0.4, -0.2) is 27.8 Å². The number of imidazole rings is 1. The third kappa shape index (κ3) is 0.982. The van der Waals surface area contributed by atoms with E-state index in [0.29, 0.717) is 12.1 Å². The van der Waals surface area contributed by atoms with Gasteiger partial charge in [-0.3, -0.25) is 4.84 Å². The van der Waals surface area contributed by atoms with Crippen molar-refractivity contribution in [2.75, 3.05) is 7.05 Å². The molecule has 16 heavy (non-hydrogen) atoms. The van der Waals surface area contributed by atoms with E-state index in [0.717, 1.165) is 24.3 Å². The lowest BCUT2D eigenvalue weighted by Crippen LogP contribution is -2.22. The minimum Gasteiger partial charge on any atom is -0.324 e. The van der Waals surface area contributed by atoms with Crippen molar-refractivity contribution >= 4 is 11.0 Å². The minimum absolute atomic E-state index is 0.320. The molecule has 0 unspecified atom stereocenters. The average molecular weight is 215 g/mol. The van der Waals surface area contributed by atoms with Crippen molar-refractivity contribution in [2.24, 2.45) is 0 Å². The third-order valence-electron chi connectivity index (χ3n) is 3.61. The number of aromatic nitrogens is 2. The van der Waals surface area contributed by atoms with E-state index in [1.54, 1.807) is 0 Å². The Morgan fingerprint density at radius 3 is 3.19 bits per heavy atom. The summed E-state index contributed by atoms with van der Waals surface area (Å²) in [6, 6.07) is 8.65. The van der Waals surface area contributed by atoms with E-state index in [-0.39, 0.29) is 0 Å². The predicted octanol–water partition coefficient (Wildman–Crippen LogP) is 1.73. The molecule has 1 aromatic heterocycles. The first-order valence-electron chi connectivity index (χ1n) is 5.68. The highest BCUT2D eigenvalue weighted by molar-refractivity contribution is 5.76. The molecule has 3 heterocycles.